The van der Waals surface area contributed by atoms with Gasteiger partial charge in [-0.1, -0.05) is 38.3 Å². The van der Waals surface area contributed by atoms with Crippen molar-refractivity contribution in [2.45, 2.75) is 25.9 Å². The van der Waals surface area contributed by atoms with Crippen LogP contribution in [0.5, 0.6) is 0 Å². The van der Waals surface area contributed by atoms with Crippen molar-refractivity contribution in [3.8, 4) is 0 Å². The first-order valence-corrected chi connectivity index (χ1v) is 5.43. The van der Waals surface area contributed by atoms with Gasteiger partial charge in [0.15, 0.2) is 5.60 Å². The molecule has 3 nitrogen and oxygen atoms in total. The van der Waals surface area contributed by atoms with Gasteiger partial charge < -0.3 is 9.47 Å². The Labute approximate surface area is 103 Å². The van der Waals surface area contributed by atoms with Crippen LogP contribution in [0.25, 0.3) is 0 Å². The molecule has 0 radical (unpaired) electrons. The van der Waals surface area contributed by atoms with Gasteiger partial charge >= 0.3 is 5.97 Å². The van der Waals surface area contributed by atoms with Gasteiger partial charge in [0.2, 0.25) is 0 Å². The lowest BCUT2D eigenvalue weighted by molar-refractivity contribution is -0.162. The van der Waals surface area contributed by atoms with E-state index < -0.39 is 11.6 Å². The highest BCUT2D eigenvalue weighted by molar-refractivity contribution is 5.80. The Morgan fingerprint density at radius 2 is 2.00 bits per heavy atom. The molecule has 0 aromatic carbocycles. The molecule has 1 unspecified atom stereocenters. The van der Waals surface area contributed by atoms with Gasteiger partial charge in [0.05, 0.1) is 0 Å². The molecule has 0 N–H and O–H groups in total. The van der Waals surface area contributed by atoms with Gasteiger partial charge in [0, 0.05) is 7.11 Å². The highest BCUT2D eigenvalue weighted by atomic mass is 16.6. The quantitative estimate of drug-likeness (QED) is 0.387. The van der Waals surface area contributed by atoms with Gasteiger partial charge in [0.25, 0.3) is 0 Å². The fourth-order valence-corrected chi connectivity index (χ4v) is 0.990. The number of esters is 1. The molecular weight excluding hydrogens is 216 g/mol. The molecule has 0 rings (SSSR count). The highest BCUT2D eigenvalue weighted by Gasteiger charge is 2.33. The smallest absolute Gasteiger partial charge is 0.343 e. The molecule has 0 aliphatic carbocycles. The molecule has 0 saturated carbocycles. The second-order valence-corrected chi connectivity index (χ2v) is 3.58. The Balaban J connectivity index is 4.83. The predicted molar refractivity (Wildman–Crippen MR) is 69.4 cm³/mol. The van der Waals surface area contributed by atoms with Crippen LogP contribution in [-0.2, 0) is 14.3 Å². The number of hydrogen-bond acceptors (Lipinski definition) is 3. The molecule has 0 spiro atoms. The first-order valence-electron chi connectivity index (χ1n) is 5.43. The van der Waals surface area contributed by atoms with E-state index in [4.69, 9.17) is 9.47 Å². The Bertz CT molecular complexity index is 333. The number of allylic oxidation sites excluding steroid dienone is 5. The number of hydrogen-bond donors (Lipinski definition) is 0. The van der Waals surface area contributed by atoms with Gasteiger partial charge in [-0.3, -0.25) is 0 Å². The minimum absolute atomic E-state index is 0.404. The summed E-state index contributed by atoms with van der Waals surface area (Å²) in [4.78, 5) is 11.9. The van der Waals surface area contributed by atoms with Gasteiger partial charge in [-0.15, -0.1) is 0 Å². The SMILES string of the molecule is C=C/C=C\C(=C/C=C)OC(=O)C(C)(CC)OC. The van der Waals surface area contributed by atoms with E-state index in [1.54, 1.807) is 37.3 Å². The number of ether oxygens (including phenoxy) is 2. The summed E-state index contributed by atoms with van der Waals surface area (Å²) >= 11 is 0. The zero-order chi connectivity index (χ0) is 13.3. The Kier molecular flexibility index (Phi) is 6.91. The van der Waals surface area contributed by atoms with E-state index in [1.165, 1.54) is 7.11 Å². The summed E-state index contributed by atoms with van der Waals surface area (Å²) in [5.74, 6) is -0.0223. The van der Waals surface area contributed by atoms with Gasteiger partial charge in [-0.2, -0.15) is 0 Å². The number of carbonyl (C=O) groups excluding carboxylic acids is 1. The summed E-state index contributed by atoms with van der Waals surface area (Å²) in [6.07, 6.45) is 8.60. The molecule has 0 aliphatic heterocycles. The standard InChI is InChI=1S/C14H20O3/c1-6-9-11-12(10-7-2)17-13(15)14(4,8-3)16-5/h6-7,9-11H,1-2,8H2,3-5H3/b11-9-,12-10+. The van der Waals surface area contributed by atoms with Crippen LogP contribution in [0.1, 0.15) is 20.3 Å². The first-order chi connectivity index (χ1) is 8.03. The van der Waals surface area contributed by atoms with Crippen LogP contribution in [-0.4, -0.2) is 18.7 Å². The molecular formula is C14H20O3. The molecule has 0 fully saturated rings. The molecule has 0 saturated heterocycles. The second-order valence-electron chi connectivity index (χ2n) is 3.58. The molecule has 3 heteroatoms. The molecule has 0 aliphatic rings. The molecule has 1 atom stereocenters. The molecule has 0 heterocycles. The van der Waals surface area contributed by atoms with Crippen molar-refractivity contribution in [3.05, 3.63) is 49.3 Å². The number of methoxy groups -OCH3 is 1. The molecule has 0 amide bonds. The van der Waals surface area contributed by atoms with Crippen molar-refractivity contribution in [1.29, 1.82) is 0 Å². The van der Waals surface area contributed by atoms with E-state index >= 15 is 0 Å². The monoisotopic (exact) mass is 236 g/mol. The molecule has 0 bridgehead atoms. The third kappa shape index (κ3) is 4.83. The largest absolute Gasteiger partial charge is 0.424 e. The minimum Gasteiger partial charge on any atom is -0.424 e. The van der Waals surface area contributed by atoms with E-state index in [0.29, 0.717) is 12.2 Å². The van der Waals surface area contributed by atoms with Gasteiger partial charge in [0.1, 0.15) is 5.76 Å². The lowest BCUT2D eigenvalue weighted by Gasteiger charge is -2.24. The van der Waals surface area contributed by atoms with Gasteiger partial charge in [-0.25, -0.2) is 4.79 Å². The second kappa shape index (κ2) is 7.63. The summed E-state index contributed by atoms with van der Waals surface area (Å²) in [7, 11) is 1.49. The maximum Gasteiger partial charge on any atom is 0.343 e. The lowest BCUT2D eigenvalue weighted by Crippen LogP contribution is -2.38. The van der Waals surface area contributed by atoms with Crippen molar-refractivity contribution in [2.24, 2.45) is 0 Å². The number of rotatable bonds is 7. The summed E-state index contributed by atoms with van der Waals surface area (Å²) in [6.45, 7) is 10.7. The summed E-state index contributed by atoms with van der Waals surface area (Å²) < 4.78 is 10.4. The molecule has 0 aromatic heterocycles. The normalized spacial score (nSPS) is 15.4. The zero-order valence-corrected chi connectivity index (χ0v) is 10.7. The van der Waals surface area contributed by atoms with Crippen LogP contribution in [0.4, 0.5) is 0 Å². The molecule has 94 valence electrons. The van der Waals surface area contributed by atoms with Gasteiger partial charge in [-0.05, 0) is 25.5 Å². The molecule has 17 heavy (non-hydrogen) atoms. The maximum atomic E-state index is 11.9. The van der Waals surface area contributed by atoms with E-state index in [2.05, 4.69) is 13.2 Å². The van der Waals surface area contributed by atoms with E-state index in [0.717, 1.165) is 0 Å². The predicted octanol–water partition coefficient (Wildman–Crippen LogP) is 3.16. The summed E-state index contributed by atoms with van der Waals surface area (Å²) in [5.41, 5.74) is -0.928. The Morgan fingerprint density at radius 3 is 2.41 bits per heavy atom. The van der Waals surface area contributed by atoms with Crippen LogP contribution in [0.2, 0.25) is 0 Å². The van der Waals surface area contributed by atoms with E-state index in [1.807, 2.05) is 6.92 Å². The average Bonchev–Trinajstić information content (AvgIpc) is 2.35. The lowest BCUT2D eigenvalue weighted by atomic mass is 10.0. The van der Waals surface area contributed by atoms with Crippen molar-refractivity contribution < 1.29 is 14.3 Å². The van der Waals surface area contributed by atoms with Crippen molar-refractivity contribution in [1.82, 2.24) is 0 Å². The summed E-state index contributed by atoms with van der Waals surface area (Å²) in [5, 5.41) is 0. The van der Waals surface area contributed by atoms with E-state index in [9.17, 15) is 4.79 Å². The highest BCUT2D eigenvalue weighted by Crippen LogP contribution is 2.18. The van der Waals surface area contributed by atoms with Crippen LogP contribution in [0.15, 0.2) is 49.3 Å². The van der Waals surface area contributed by atoms with E-state index in [-0.39, 0.29) is 0 Å². The summed E-state index contributed by atoms with van der Waals surface area (Å²) in [6, 6.07) is 0. The molecule has 0 aromatic rings. The Morgan fingerprint density at radius 1 is 1.35 bits per heavy atom. The Hall–Kier alpha value is -1.61. The van der Waals surface area contributed by atoms with Crippen molar-refractivity contribution >= 4 is 5.97 Å². The topological polar surface area (TPSA) is 35.5 Å². The van der Waals surface area contributed by atoms with Crippen LogP contribution in [0, 0.1) is 0 Å². The zero-order valence-electron chi connectivity index (χ0n) is 10.7. The average molecular weight is 236 g/mol. The van der Waals surface area contributed by atoms with Crippen LogP contribution >= 0.6 is 0 Å². The number of carbonyl (C=O) groups is 1. The van der Waals surface area contributed by atoms with Crippen molar-refractivity contribution in [2.75, 3.05) is 7.11 Å². The third-order valence-electron chi connectivity index (χ3n) is 2.45. The fraction of sp³-hybridized carbons (Fsp3) is 0.357. The maximum absolute atomic E-state index is 11.9. The van der Waals surface area contributed by atoms with Crippen LogP contribution in [0.3, 0.4) is 0 Å². The fourth-order valence-electron chi connectivity index (χ4n) is 0.990. The third-order valence-corrected chi connectivity index (χ3v) is 2.45. The van der Waals surface area contributed by atoms with Crippen LogP contribution < -0.4 is 0 Å². The first kappa shape index (κ1) is 15.4. The minimum atomic E-state index is -0.928. The van der Waals surface area contributed by atoms with Crippen molar-refractivity contribution in [3.63, 3.8) is 0 Å².